The van der Waals surface area contributed by atoms with E-state index in [-0.39, 0.29) is 11.1 Å². The molecular weight excluding hydrogens is 328 g/mol. The van der Waals surface area contributed by atoms with E-state index in [1.165, 1.54) is 0 Å². The Morgan fingerprint density at radius 1 is 1.15 bits per heavy atom. The molecule has 0 atom stereocenters. The molecular formula is C20H22N4O2. The molecule has 134 valence electrons. The quantitative estimate of drug-likeness (QED) is 0.761. The molecule has 0 saturated carbocycles. The molecule has 0 bridgehead atoms. The average Bonchev–Trinajstić information content (AvgIpc) is 2.82. The molecule has 1 aliphatic heterocycles. The third-order valence-corrected chi connectivity index (χ3v) is 5.16. The van der Waals surface area contributed by atoms with Crippen molar-refractivity contribution in [2.24, 2.45) is 7.05 Å². The molecule has 2 aromatic heterocycles. The number of H-pyrrole nitrogens is 1. The smallest absolute Gasteiger partial charge is 0.255 e. The number of rotatable bonds is 2. The fraction of sp³-hybridized carbons (Fsp3) is 0.350. The van der Waals surface area contributed by atoms with Crippen molar-refractivity contribution in [2.45, 2.75) is 26.3 Å². The topological polar surface area (TPSA) is 71.0 Å². The molecule has 4 rings (SSSR count). The summed E-state index contributed by atoms with van der Waals surface area (Å²) in [6.07, 6.45) is 1.39. The molecule has 26 heavy (non-hydrogen) atoms. The summed E-state index contributed by atoms with van der Waals surface area (Å²) < 4.78 is 1.72. The third kappa shape index (κ3) is 2.97. The second-order valence-corrected chi connectivity index (χ2v) is 6.95. The first-order chi connectivity index (χ1) is 12.5. The Kier molecular flexibility index (Phi) is 4.20. The standard InChI is InChI=1S/C20H22N4O2/c1-13-21-17-8-10-24(9-7-16(17)19(25)22-13)12-15-11-14-5-3-4-6-18(14)23(2)20(15)26/h3-6,11H,7-10,12H2,1-2H3,(H,21,22,25). The number of para-hydroxylation sites is 1. The normalized spacial score (nSPS) is 15.0. The van der Waals surface area contributed by atoms with Gasteiger partial charge in [0.2, 0.25) is 0 Å². The van der Waals surface area contributed by atoms with Crippen LogP contribution in [0.4, 0.5) is 0 Å². The minimum atomic E-state index is -0.0315. The van der Waals surface area contributed by atoms with Gasteiger partial charge in [-0.2, -0.15) is 0 Å². The zero-order valence-corrected chi connectivity index (χ0v) is 15.1. The highest BCUT2D eigenvalue weighted by molar-refractivity contribution is 5.79. The SMILES string of the molecule is Cc1nc2c(c(=O)[nH]1)CCN(Cc1cc3ccccc3n(C)c1=O)CC2. The van der Waals surface area contributed by atoms with Gasteiger partial charge in [0, 0.05) is 44.2 Å². The van der Waals surface area contributed by atoms with E-state index in [0.717, 1.165) is 47.2 Å². The van der Waals surface area contributed by atoms with Gasteiger partial charge in [0.05, 0.1) is 11.2 Å². The number of benzene rings is 1. The molecule has 3 heterocycles. The molecule has 1 aromatic carbocycles. The highest BCUT2D eigenvalue weighted by Crippen LogP contribution is 2.16. The van der Waals surface area contributed by atoms with Crippen LogP contribution in [0, 0.1) is 6.92 Å². The highest BCUT2D eigenvalue weighted by Gasteiger charge is 2.19. The van der Waals surface area contributed by atoms with E-state index in [4.69, 9.17) is 0 Å². The van der Waals surface area contributed by atoms with Crippen LogP contribution in [0.1, 0.15) is 22.6 Å². The molecule has 0 saturated heterocycles. The van der Waals surface area contributed by atoms with Crippen LogP contribution in [0.5, 0.6) is 0 Å². The van der Waals surface area contributed by atoms with E-state index in [0.29, 0.717) is 18.8 Å². The third-order valence-electron chi connectivity index (χ3n) is 5.16. The van der Waals surface area contributed by atoms with Crippen molar-refractivity contribution in [1.82, 2.24) is 19.4 Å². The maximum Gasteiger partial charge on any atom is 0.255 e. The maximum atomic E-state index is 12.7. The highest BCUT2D eigenvalue weighted by atomic mass is 16.1. The van der Waals surface area contributed by atoms with Crippen LogP contribution in [-0.2, 0) is 26.4 Å². The van der Waals surface area contributed by atoms with Crippen molar-refractivity contribution >= 4 is 10.9 Å². The van der Waals surface area contributed by atoms with Crippen LogP contribution in [0.25, 0.3) is 10.9 Å². The van der Waals surface area contributed by atoms with Crippen LogP contribution in [-0.4, -0.2) is 32.5 Å². The minimum absolute atomic E-state index is 0.0315. The molecule has 0 unspecified atom stereocenters. The summed E-state index contributed by atoms with van der Waals surface area (Å²) in [5.41, 5.74) is 3.41. The number of hydrogen-bond donors (Lipinski definition) is 1. The fourth-order valence-electron chi connectivity index (χ4n) is 3.78. The second-order valence-electron chi connectivity index (χ2n) is 6.95. The van der Waals surface area contributed by atoms with Gasteiger partial charge in [-0.3, -0.25) is 14.5 Å². The lowest BCUT2D eigenvalue weighted by atomic mass is 10.1. The number of aryl methyl sites for hydroxylation is 2. The van der Waals surface area contributed by atoms with E-state index >= 15 is 0 Å². The summed E-state index contributed by atoms with van der Waals surface area (Å²) in [5, 5.41) is 1.07. The van der Waals surface area contributed by atoms with Crippen LogP contribution in [0.3, 0.4) is 0 Å². The van der Waals surface area contributed by atoms with Crippen LogP contribution < -0.4 is 11.1 Å². The van der Waals surface area contributed by atoms with Crippen molar-refractivity contribution in [3.63, 3.8) is 0 Å². The van der Waals surface area contributed by atoms with Gasteiger partial charge in [0.15, 0.2) is 0 Å². The van der Waals surface area contributed by atoms with E-state index in [1.807, 2.05) is 44.3 Å². The first-order valence-electron chi connectivity index (χ1n) is 8.91. The number of aromatic nitrogens is 3. The molecule has 6 nitrogen and oxygen atoms in total. The Morgan fingerprint density at radius 2 is 1.92 bits per heavy atom. The van der Waals surface area contributed by atoms with E-state index in [9.17, 15) is 9.59 Å². The van der Waals surface area contributed by atoms with Crippen molar-refractivity contribution in [3.8, 4) is 0 Å². The molecule has 0 fully saturated rings. The maximum absolute atomic E-state index is 12.7. The van der Waals surface area contributed by atoms with Gasteiger partial charge in [-0.05, 0) is 30.9 Å². The van der Waals surface area contributed by atoms with Gasteiger partial charge in [-0.15, -0.1) is 0 Å². The Hall–Kier alpha value is -2.73. The molecule has 3 aromatic rings. The van der Waals surface area contributed by atoms with Gasteiger partial charge >= 0.3 is 0 Å². The van der Waals surface area contributed by atoms with Gasteiger partial charge in [0.25, 0.3) is 11.1 Å². The summed E-state index contributed by atoms with van der Waals surface area (Å²) in [6, 6.07) is 9.91. The summed E-state index contributed by atoms with van der Waals surface area (Å²) in [7, 11) is 1.82. The molecule has 0 spiro atoms. The molecule has 1 N–H and O–H groups in total. The van der Waals surface area contributed by atoms with Crippen molar-refractivity contribution in [2.75, 3.05) is 13.1 Å². The van der Waals surface area contributed by atoms with Gasteiger partial charge < -0.3 is 9.55 Å². The van der Waals surface area contributed by atoms with Gasteiger partial charge in [0.1, 0.15) is 5.82 Å². The van der Waals surface area contributed by atoms with E-state index in [2.05, 4.69) is 14.9 Å². The molecule has 1 aliphatic rings. The van der Waals surface area contributed by atoms with Gasteiger partial charge in [-0.25, -0.2) is 4.98 Å². The monoisotopic (exact) mass is 350 g/mol. The second kappa shape index (κ2) is 6.53. The molecule has 0 aliphatic carbocycles. The van der Waals surface area contributed by atoms with Gasteiger partial charge in [-0.1, -0.05) is 18.2 Å². The number of fused-ring (bicyclic) bond motifs is 2. The van der Waals surface area contributed by atoms with Crippen molar-refractivity contribution < 1.29 is 0 Å². The zero-order chi connectivity index (χ0) is 18.3. The first-order valence-corrected chi connectivity index (χ1v) is 8.91. The van der Waals surface area contributed by atoms with Crippen LogP contribution >= 0.6 is 0 Å². The number of nitrogens with zero attached hydrogens (tertiary/aromatic N) is 3. The Bertz CT molecular complexity index is 1100. The lowest BCUT2D eigenvalue weighted by Gasteiger charge is -2.20. The minimum Gasteiger partial charge on any atom is -0.311 e. The predicted octanol–water partition coefficient (Wildman–Crippen LogP) is 1.53. The lowest BCUT2D eigenvalue weighted by molar-refractivity contribution is 0.277. The van der Waals surface area contributed by atoms with Crippen molar-refractivity contribution in [3.05, 3.63) is 73.7 Å². The van der Waals surface area contributed by atoms with Crippen LogP contribution in [0.2, 0.25) is 0 Å². The Balaban J connectivity index is 1.62. The summed E-state index contributed by atoms with van der Waals surface area (Å²) in [5.74, 6) is 0.658. The summed E-state index contributed by atoms with van der Waals surface area (Å²) in [4.78, 5) is 34.4. The molecule has 0 amide bonds. The fourth-order valence-corrected chi connectivity index (χ4v) is 3.78. The average molecular weight is 350 g/mol. The number of pyridine rings is 1. The largest absolute Gasteiger partial charge is 0.311 e. The van der Waals surface area contributed by atoms with Crippen LogP contribution in [0.15, 0.2) is 39.9 Å². The summed E-state index contributed by atoms with van der Waals surface area (Å²) >= 11 is 0. The Morgan fingerprint density at radius 3 is 2.77 bits per heavy atom. The zero-order valence-electron chi connectivity index (χ0n) is 15.1. The predicted molar refractivity (Wildman–Crippen MR) is 101 cm³/mol. The van der Waals surface area contributed by atoms with Crippen molar-refractivity contribution in [1.29, 1.82) is 0 Å². The van der Waals surface area contributed by atoms with E-state index < -0.39 is 0 Å². The number of aromatic amines is 1. The Labute approximate surface area is 151 Å². The number of hydrogen-bond acceptors (Lipinski definition) is 4. The first kappa shape index (κ1) is 16.7. The summed E-state index contributed by atoms with van der Waals surface area (Å²) in [6.45, 7) is 3.93. The number of nitrogens with one attached hydrogen (secondary N) is 1. The molecule has 6 heteroatoms. The van der Waals surface area contributed by atoms with E-state index in [1.54, 1.807) is 4.57 Å². The lowest BCUT2D eigenvalue weighted by Crippen LogP contribution is -2.31. The molecule has 0 radical (unpaired) electrons.